The molecule has 4 heteroatoms. The molecule has 0 aromatic rings. The van der Waals surface area contributed by atoms with E-state index in [2.05, 4.69) is 5.32 Å². The minimum absolute atomic E-state index is 0.0385. The topological polar surface area (TPSA) is 12.0 Å². The highest BCUT2D eigenvalue weighted by molar-refractivity contribution is 4.86. The fourth-order valence-electron chi connectivity index (χ4n) is 1.52. The molecule has 1 aliphatic heterocycles. The molecule has 0 bridgehead atoms. The second-order valence-corrected chi connectivity index (χ2v) is 3.73. The lowest BCUT2D eigenvalue weighted by atomic mass is 9.98. The van der Waals surface area contributed by atoms with Crippen molar-refractivity contribution in [2.45, 2.75) is 32.5 Å². The molecule has 0 unspecified atom stereocenters. The number of hydrogen-bond donors (Lipinski definition) is 1. The van der Waals surface area contributed by atoms with Crippen LogP contribution in [0.5, 0.6) is 0 Å². The van der Waals surface area contributed by atoms with Crippen molar-refractivity contribution in [3.05, 3.63) is 0 Å². The van der Waals surface area contributed by atoms with Gasteiger partial charge < -0.3 is 5.32 Å². The molecule has 1 rings (SSSR count). The second kappa shape index (κ2) is 3.24. The average Bonchev–Trinajstić information content (AvgIpc) is 2.30. The molecule has 0 radical (unpaired) electrons. The second-order valence-electron chi connectivity index (χ2n) is 3.73. The predicted octanol–water partition coefficient (Wildman–Crippen LogP) is 2.18. The summed E-state index contributed by atoms with van der Waals surface area (Å²) in [5.41, 5.74) is 0. The monoisotopic (exact) mass is 181 g/mol. The molecule has 0 aliphatic carbocycles. The summed E-state index contributed by atoms with van der Waals surface area (Å²) in [6, 6.07) is 0.0385. The Morgan fingerprint density at radius 1 is 1.33 bits per heavy atom. The molecule has 0 amide bonds. The van der Waals surface area contributed by atoms with E-state index in [1.54, 1.807) is 0 Å². The third kappa shape index (κ3) is 2.12. The van der Waals surface area contributed by atoms with Crippen molar-refractivity contribution in [2.75, 3.05) is 6.54 Å². The summed E-state index contributed by atoms with van der Waals surface area (Å²) < 4.78 is 36.5. The van der Waals surface area contributed by atoms with E-state index in [1.807, 2.05) is 13.8 Å². The van der Waals surface area contributed by atoms with E-state index in [-0.39, 0.29) is 24.9 Å². The molecule has 1 fully saturated rings. The maximum atomic E-state index is 12.2. The van der Waals surface area contributed by atoms with Crippen LogP contribution in [0.4, 0.5) is 13.2 Å². The molecule has 0 spiro atoms. The summed E-state index contributed by atoms with van der Waals surface area (Å²) >= 11 is 0. The molecule has 1 saturated heterocycles. The number of hydrogen-bond acceptors (Lipinski definition) is 1. The Balaban J connectivity index is 2.46. The first-order valence-electron chi connectivity index (χ1n) is 4.21. The van der Waals surface area contributed by atoms with Gasteiger partial charge in [-0.15, -0.1) is 0 Å². The summed E-state index contributed by atoms with van der Waals surface area (Å²) in [4.78, 5) is 0. The molecular weight excluding hydrogens is 167 g/mol. The van der Waals surface area contributed by atoms with E-state index >= 15 is 0 Å². The predicted molar refractivity (Wildman–Crippen MR) is 40.8 cm³/mol. The largest absolute Gasteiger partial charge is 0.393 e. The zero-order valence-electron chi connectivity index (χ0n) is 7.28. The Bertz CT molecular complexity index is 153. The van der Waals surface area contributed by atoms with Crippen LogP contribution in [0.25, 0.3) is 0 Å². The highest BCUT2D eigenvalue weighted by atomic mass is 19.4. The van der Waals surface area contributed by atoms with E-state index in [0.29, 0.717) is 0 Å². The molecule has 1 nitrogen and oxygen atoms in total. The van der Waals surface area contributed by atoms with Gasteiger partial charge in [-0.1, -0.05) is 13.8 Å². The molecule has 0 aromatic heterocycles. The highest BCUT2D eigenvalue weighted by Gasteiger charge is 2.44. The van der Waals surface area contributed by atoms with Gasteiger partial charge >= 0.3 is 6.18 Å². The quantitative estimate of drug-likeness (QED) is 0.653. The minimum Gasteiger partial charge on any atom is -0.313 e. The van der Waals surface area contributed by atoms with Gasteiger partial charge in [-0.2, -0.15) is 13.2 Å². The van der Waals surface area contributed by atoms with Crippen molar-refractivity contribution >= 4 is 0 Å². The first-order valence-corrected chi connectivity index (χ1v) is 4.21. The molecule has 0 saturated carbocycles. The zero-order valence-corrected chi connectivity index (χ0v) is 7.28. The van der Waals surface area contributed by atoms with Crippen LogP contribution in [0.2, 0.25) is 0 Å². The van der Waals surface area contributed by atoms with Gasteiger partial charge in [0.25, 0.3) is 0 Å². The van der Waals surface area contributed by atoms with Gasteiger partial charge in [0, 0.05) is 12.6 Å². The summed E-state index contributed by atoms with van der Waals surface area (Å²) in [6.45, 7) is 3.97. The van der Waals surface area contributed by atoms with Crippen molar-refractivity contribution in [1.82, 2.24) is 5.32 Å². The van der Waals surface area contributed by atoms with Crippen LogP contribution < -0.4 is 5.32 Å². The van der Waals surface area contributed by atoms with Crippen LogP contribution in [0.1, 0.15) is 20.3 Å². The fourth-order valence-corrected chi connectivity index (χ4v) is 1.52. The number of nitrogens with one attached hydrogen (secondary N) is 1. The standard InChI is InChI=1S/C8H14F3N/c1-5(2)7-3-6(4-12-7)8(9,10)11/h5-7,12H,3-4H2,1-2H3/t6-,7-/m0/s1. The molecule has 2 atom stereocenters. The first kappa shape index (κ1) is 9.84. The highest BCUT2D eigenvalue weighted by Crippen LogP contribution is 2.33. The van der Waals surface area contributed by atoms with Gasteiger partial charge in [0.1, 0.15) is 0 Å². The van der Waals surface area contributed by atoms with Crippen LogP contribution in [-0.2, 0) is 0 Å². The fraction of sp³-hybridized carbons (Fsp3) is 1.00. The van der Waals surface area contributed by atoms with Crippen molar-refractivity contribution in [3.63, 3.8) is 0 Å². The Morgan fingerprint density at radius 2 is 1.92 bits per heavy atom. The van der Waals surface area contributed by atoms with Gasteiger partial charge in [-0.25, -0.2) is 0 Å². The Kier molecular flexibility index (Phi) is 2.66. The molecule has 1 aliphatic rings. The molecule has 72 valence electrons. The lowest BCUT2D eigenvalue weighted by Crippen LogP contribution is -2.26. The van der Waals surface area contributed by atoms with Crippen LogP contribution in [0, 0.1) is 11.8 Å². The lowest BCUT2D eigenvalue weighted by Gasteiger charge is -2.15. The number of rotatable bonds is 1. The van der Waals surface area contributed by atoms with Crippen LogP contribution in [0.3, 0.4) is 0 Å². The maximum absolute atomic E-state index is 12.2. The minimum atomic E-state index is -4.02. The Morgan fingerprint density at radius 3 is 2.17 bits per heavy atom. The van der Waals surface area contributed by atoms with Crippen molar-refractivity contribution in [2.24, 2.45) is 11.8 Å². The number of halogens is 3. The Hall–Kier alpha value is -0.250. The average molecular weight is 181 g/mol. The lowest BCUT2D eigenvalue weighted by molar-refractivity contribution is -0.169. The molecule has 0 aromatic carbocycles. The maximum Gasteiger partial charge on any atom is 0.393 e. The van der Waals surface area contributed by atoms with E-state index in [0.717, 1.165) is 0 Å². The number of alkyl halides is 3. The van der Waals surface area contributed by atoms with Gasteiger partial charge in [-0.05, 0) is 12.3 Å². The summed E-state index contributed by atoms with van der Waals surface area (Å²) in [6.07, 6.45) is -3.78. The van der Waals surface area contributed by atoms with Crippen molar-refractivity contribution < 1.29 is 13.2 Å². The molecule has 1 N–H and O–H groups in total. The van der Waals surface area contributed by atoms with Gasteiger partial charge in [0.2, 0.25) is 0 Å². The molecular formula is C8H14F3N. The molecule has 12 heavy (non-hydrogen) atoms. The Labute approximate surface area is 70.3 Å². The third-order valence-corrected chi connectivity index (χ3v) is 2.43. The van der Waals surface area contributed by atoms with E-state index < -0.39 is 12.1 Å². The van der Waals surface area contributed by atoms with E-state index in [1.165, 1.54) is 0 Å². The van der Waals surface area contributed by atoms with Gasteiger partial charge in [0.05, 0.1) is 5.92 Å². The molecule has 1 heterocycles. The van der Waals surface area contributed by atoms with E-state index in [9.17, 15) is 13.2 Å². The van der Waals surface area contributed by atoms with Crippen LogP contribution in [0.15, 0.2) is 0 Å². The summed E-state index contributed by atoms with van der Waals surface area (Å²) in [7, 11) is 0. The van der Waals surface area contributed by atoms with Gasteiger partial charge in [-0.3, -0.25) is 0 Å². The summed E-state index contributed by atoms with van der Waals surface area (Å²) in [5, 5.41) is 2.89. The van der Waals surface area contributed by atoms with E-state index in [4.69, 9.17) is 0 Å². The summed E-state index contributed by atoms with van der Waals surface area (Å²) in [5.74, 6) is -0.845. The zero-order chi connectivity index (χ0) is 9.35. The smallest absolute Gasteiger partial charge is 0.313 e. The van der Waals surface area contributed by atoms with Crippen LogP contribution in [-0.4, -0.2) is 18.8 Å². The van der Waals surface area contributed by atoms with Crippen molar-refractivity contribution in [3.8, 4) is 0 Å². The van der Waals surface area contributed by atoms with Crippen LogP contribution >= 0.6 is 0 Å². The van der Waals surface area contributed by atoms with Gasteiger partial charge in [0.15, 0.2) is 0 Å². The first-order chi connectivity index (χ1) is 5.41. The van der Waals surface area contributed by atoms with Crippen molar-refractivity contribution in [1.29, 1.82) is 0 Å². The SMILES string of the molecule is CC(C)[C@@H]1C[C@H](C(F)(F)F)CN1. The normalized spacial score (nSPS) is 31.5. The third-order valence-electron chi connectivity index (χ3n) is 2.43.